The Labute approximate surface area is 193 Å². The van der Waals surface area contributed by atoms with E-state index < -0.39 is 27.9 Å². The van der Waals surface area contributed by atoms with Gasteiger partial charge in [0.2, 0.25) is 0 Å². The number of rotatable bonds is 4. The molecule has 0 aliphatic carbocycles. The molecule has 0 spiro atoms. The molecule has 6 nitrogen and oxygen atoms in total. The standard InChI is InChI=1S/C25H25FN2O4S/c1-25(2,3)17-12-13-22-21(14-17)28(33(30,31)20-10-5-4-6-11-20)16-23(32-22)24(29)27-19-9-7-8-18(26)15-19/h4-15,23H,16H2,1-3H3,(H,27,29). The van der Waals surface area contributed by atoms with Crippen LogP contribution in [-0.4, -0.2) is 27.0 Å². The molecule has 1 unspecified atom stereocenters. The van der Waals surface area contributed by atoms with Crippen LogP contribution in [0.25, 0.3) is 0 Å². The van der Waals surface area contributed by atoms with Crippen molar-refractivity contribution in [3.05, 3.63) is 84.2 Å². The molecule has 3 aromatic rings. The molecule has 1 N–H and O–H groups in total. The lowest BCUT2D eigenvalue weighted by Gasteiger charge is -2.36. The van der Waals surface area contributed by atoms with Crippen molar-refractivity contribution in [3.63, 3.8) is 0 Å². The van der Waals surface area contributed by atoms with E-state index in [2.05, 4.69) is 5.32 Å². The zero-order chi connectivity index (χ0) is 23.8. The zero-order valence-electron chi connectivity index (χ0n) is 18.6. The third kappa shape index (κ3) is 4.71. The monoisotopic (exact) mass is 468 g/mol. The van der Waals surface area contributed by atoms with Crippen LogP contribution in [0, 0.1) is 5.82 Å². The van der Waals surface area contributed by atoms with Crippen LogP contribution in [0.5, 0.6) is 5.75 Å². The van der Waals surface area contributed by atoms with Crippen molar-refractivity contribution in [2.45, 2.75) is 37.2 Å². The van der Waals surface area contributed by atoms with E-state index in [1.807, 2.05) is 26.8 Å². The Morgan fingerprint density at radius 1 is 1.03 bits per heavy atom. The maximum atomic E-state index is 13.6. The number of carbonyl (C=O) groups is 1. The molecule has 1 aliphatic rings. The molecular weight excluding hydrogens is 443 g/mol. The Morgan fingerprint density at radius 2 is 1.76 bits per heavy atom. The molecule has 1 aliphatic heterocycles. The molecule has 1 atom stereocenters. The molecule has 0 fully saturated rings. The quantitative estimate of drug-likeness (QED) is 0.601. The molecule has 3 aromatic carbocycles. The molecule has 8 heteroatoms. The number of halogens is 1. The molecule has 0 saturated heterocycles. The van der Waals surface area contributed by atoms with Crippen molar-refractivity contribution in [3.8, 4) is 5.75 Å². The molecule has 0 saturated carbocycles. The lowest BCUT2D eigenvalue weighted by Crippen LogP contribution is -2.49. The molecular formula is C25H25FN2O4S. The summed E-state index contributed by atoms with van der Waals surface area (Å²) in [5, 5.41) is 2.61. The van der Waals surface area contributed by atoms with Crippen LogP contribution < -0.4 is 14.4 Å². The van der Waals surface area contributed by atoms with Gasteiger partial charge in [0.15, 0.2) is 6.10 Å². The summed E-state index contributed by atoms with van der Waals surface area (Å²) in [6, 6.07) is 18.9. The normalized spacial score (nSPS) is 16.0. The molecule has 0 bridgehead atoms. The van der Waals surface area contributed by atoms with Gasteiger partial charge in [-0.2, -0.15) is 0 Å². The minimum atomic E-state index is -3.97. The largest absolute Gasteiger partial charge is 0.476 e. The van der Waals surface area contributed by atoms with Crippen LogP contribution in [-0.2, 0) is 20.2 Å². The Morgan fingerprint density at radius 3 is 2.42 bits per heavy atom. The van der Waals surface area contributed by atoms with E-state index in [4.69, 9.17) is 4.74 Å². The lowest BCUT2D eigenvalue weighted by atomic mass is 9.86. The highest BCUT2D eigenvalue weighted by molar-refractivity contribution is 7.92. The number of carbonyl (C=O) groups excluding carboxylic acids is 1. The van der Waals surface area contributed by atoms with Crippen molar-refractivity contribution in [2.24, 2.45) is 0 Å². The van der Waals surface area contributed by atoms with E-state index in [9.17, 15) is 17.6 Å². The van der Waals surface area contributed by atoms with Gasteiger partial charge in [-0.05, 0) is 53.4 Å². The molecule has 172 valence electrons. The maximum Gasteiger partial charge on any atom is 0.267 e. The van der Waals surface area contributed by atoms with Crippen LogP contribution in [0.1, 0.15) is 26.3 Å². The number of hydrogen-bond acceptors (Lipinski definition) is 4. The van der Waals surface area contributed by atoms with Crippen LogP contribution in [0.2, 0.25) is 0 Å². The highest BCUT2D eigenvalue weighted by Crippen LogP contribution is 2.40. The van der Waals surface area contributed by atoms with Crippen molar-refractivity contribution in [2.75, 3.05) is 16.2 Å². The Hall–Kier alpha value is -3.39. The maximum absolute atomic E-state index is 13.6. The van der Waals surface area contributed by atoms with Gasteiger partial charge in [0.05, 0.1) is 17.1 Å². The van der Waals surface area contributed by atoms with Gasteiger partial charge in [0.1, 0.15) is 11.6 Å². The topological polar surface area (TPSA) is 75.7 Å². The number of amides is 1. The van der Waals surface area contributed by atoms with E-state index in [0.717, 1.165) is 5.56 Å². The highest BCUT2D eigenvalue weighted by atomic mass is 32.2. The summed E-state index contributed by atoms with van der Waals surface area (Å²) in [6.07, 6.45) is -1.13. The number of sulfonamides is 1. The predicted octanol–water partition coefficient (Wildman–Crippen LogP) is 4.72. The van der Waals surface area contributed by atoms with Crippen molar-refractivity contribution >= 4 is 27.3 Å². The van der Waals surface area contributed by atoms with Gasteiger partial charge in [-0.3, -0.25) is 9.10 Å². The first kappa shape index (κ1) is 22.8. The average molecular weight is 469 g/mol. The smallest absolute Gasteiger partial charge is 0.267 e. The summed E-state index contributed by atoms with van der Waals surface area (Å²) in [5.41, 5.74) is 1.35. The van der Waals surface area contributed by atoms with Crippen LogP contribution in [0.15, 0.2) is 77.7 Å². The molecule has 0 aromatic heterocycles. The minimum absolute atomic E-state index is 0.114. The fourth-order valence-electron chi connectivity index (χ4n) is 3.59. The summed E-state index contributed by atoms with van der Waals surface area (Å²) >= 11 is 0. The fraction of sp³-hybridized carbons (Fsp3) is 0.240. The second-order valence-electron chi connectivity index (χ2n) is 8.89. The average Bonchev–Trinajstić information content (AvgIpc) is 2.78. The van der Waals surface area contributed by atoms with Crippen LogP contribution in [0.4, 0.5) is 15.8 Å². The molecule has 1 heterocycles. The number of hydrogen-bond donors (Lipinski definition) is 1. The minimum Gasteiger partial charge on any atom is -0.476 e. The van der Waals surface area contributed by atoms with E-state index in [1.165, 1.54) is 34.6 Å². The number of nitrogens with one attached hydrogen (secondary N) is 1. The third-order valence-corrected chi connectivity index (χ3v) is 7.20. The number of ether oxygens (including phenoxy) is 1. The molecule has 0 radical (unpaired) electrons. The van der Waals surface area contributed by atoms with E-state index in [-0.39, 0.29) is 28.3 Å². The van der Waals surface area contributed by atoms with E-state index in [1.54, 1.807) is 36.4 Å². The Kier molecular flexibility index (Phi) is 5.88. The zero-order valence-corrected chi connectivity index (χ0v) is 19.4. The Balaban J connectivity index is 1.74. The van der Waals surface area contributed by atoms with Gasteiger partial charge >= 0.3 is 0 Å². The van der Waals surface area contributed by atoms with Gasteiger partial charge in [0, 0.05) is 5.69 Å². The van der Waals surface area contributed by atoms with E-state index >= 15 is 0 Å². The first-order chi connectivity index (χ1) is 15.6. The fourth-order valence-corrected chi connectivity index (χ4v) is 5.08. The number of benzene rings is 3. The van der Waals surface area contributed by atoms with Gasteiger partial charge in [-0.15, -0.1) is 0 Å². The van der Waals surface area contributed by atoms with Crippen LogP contribution in [0.3, 0.4) is 0 Å². The SMILES string of the molecule is CC(C)(C)c1ccc2c(c1)N(S(=O)(=O)c1ccccc1)CC(C(=O)Nc1cccc(F)c1)O2. The van der Waals surface area contributed by atoms with Crippen molar-refractivity contribution in [1.29, 1.82) is 0 Å². The summed E-state index contributed by atoms with van der Waals surface area (Å²) in [4.78, 5) is 13.1. The first-order valence-electron chi connectivity index (χ1n) is 10.5. The molecule has 4 rings (SSSR count). The number of nitrogens with zero attached hydrogens (tertiary/aromatic N) is 1. The van der Waals surface area contributed by atoms with Crippen LogP contribution >= 0.6 is 0 Å². The number of fused-ring (bicyclic) bond motifs is 1. The highest BCUT2D eigenvalue weighted by Gasteiger charge is 2.38. The Bertz CT molecular complexity index is 1290. The molecule has 33 heavy (non-hydrogen) atoms. The first-order valence-corrected chi connectivity index (χ1v) is 11.9. The second-order valence-corrected chi connectivity index (χ2v) is 10.8. The van der Waals surface area contributed by atoms with Crippen molar-refractivity contribution < 1.29 is 22.3 Å². The summed E-state index contributed by atoms with van der Waals surface area (Å²) in [6.45, 7) is 5.87. The summed E-state index contributed by atoms with van der Waals surface area (Å²) < 4.78 is 47.8. The summed E-state index contributed by atoms with van der Waals surface area (Å²) in [7, 11) is -3.97. The van der Waals surface area contributed by atoms with Gasteiger partial charge < -0.3 is 10.1 Å². The van der Waals surface area contributed by atoms with Gasteiger partial charge in [-0.25, -0.2) is 12.8 Å². The predicted molar refractivity (Wildman–Crippen MR) is 126 cm³/mol. The number of anilines is 2. The third-order valence-electron chi connectivity index (χ3n) is 5.41. The summed E-state index contributed by atoms with van der Waals surface area (Å²) in [5.74, 6) is -0.779. The van der Waals surface area contributed by atoms with E-state index in [0.29, 0.717) is 5.69 Å². The molecule has 1 amide bonds. The van der Waals surface area contributed by atoms with Gasteiger partial charge in [0.25, 0.3) is 15.9 Å². The lowest BCUT2D eigenvalue weighted by molar-refractivity contribution is -0.122. The van der Waals surface area contributed by atoms with Crippen molar-refractivity contribution in [1.82, 2.24) is 0 Å². The van der Waals surface area contributed by atoms with Gasteiger partial charge in [-0.1, -0.05) is 51.1 Å². The second kappa shape index (κ2) is 8.51.